The number of thiocarbonyl (C=S) groups is 1. The zero-order valence-electron chi connectivity index (χ0n) is 11.1. The van der Waals surface area contributed by atoms with Crippen LogP contribution in [0.3, 0.4) is 0 Å². The molecule has 0 saturated heterocycles. The lowest BCUT2D eigenvalue weighted by atomic mass is 10.0. The molecule has 0 aliphatic rings. The Kier molecular flexibility index (Phi) is 8.17. The molecule has 1 aromatic carbocycles. The maximum Gasteiger partial charge on any atom is 0.211 e. The summed E-state index contributed by atoms with van der Waals surface area (Å²) in [6, 6.07) is 4.51. The molecule has 5 nitrogen and oxygen atoms in total. The van der Waals surface area contributed by atoms with E-state index in [-0.39, 0.29) is 16.7 Å². The number of halogens is 2. The van der Waals surface area contributed by atoms with E-state index in [0.717, 1.165) is 4.47 Å². The summed E-state index contributed by atoms with van der Waals surface area (Å²) in [5.41, 5.74) is 9.64. The lowest BCUT2D eigenvalue weighted by Gasteiger charge is -2.13. The van der Waals surface area contributed by atoms with Gasteiger partial charge in [0.2, 0.25) is 10.0 Å². The Bertz CT molecular complexity index is 563. The molecule has 9 heteroatoms. The molecule has 1 atom stereocenters. The third kappa shape index (κ3) is 7.73. The average molecular weight is 386 g/mol. The van der Waals surface area contributed by atoms with E-state index in [4.69, 9.17) is 0 Å². The smallest absolute Gasteiger partial charge is 0.211 e. The summed E-state index contributed by atoms with van der Waals surface area (Å²) in [7, 11) is -1.98. The van der Waals surface area contributed by atoms with Gasteiger partial charge in [0.05, 0.1) is 5.75 Å². The minimum atomic E-state index is -3.33. The number of sulfonamides is 1. The Morgan fingerprint density at radius 3 is 2.45 bits per heavy atom. The van der Waals surface area contributed by atoms with Gasteiger partial charge in [-0.15, -0.1) is 0 Å². The summed E-state index contributed by atoms with van der Waals surface area (Å²) in [6.07, 6.45) is 0. The molecule has 0 spiro atoms. The van der Waals surface area contributed by atoms with Gasteiger partial charge in [0.1, 0.15) is 5.82 Å². The fourth-order valence-corrected chi connectivity index (χ4v) is 2.78. The van der Waals surface area contributed by atoms with Gasteiger partial charge >= 0.3 is 0 Å². The van der Waals surface area contributed by atoms with E-state index >= 15 is 0 Å². The van der Waals surface area contributed by atoms with Gasteiger partial charge in [-0.2, -0.15) is 0 Å². The van der Waals surface area contributed by atoms with Crippen molar-refractivity contribution < 1.29 is 12.8 Å². The van der Waals surface area contributed by atoms with Crippen LogP contribution in [0, 0.1) is 5.82 Å². The summed E-state index contributed by atoms with van der Waals surface area (Å²) in [4.78, 5) is 0. The Balaban J connectivity index is 0.000000796. The van der Waals surface area contributed by atoms with Crippen molar-refractivity contribution in [3.05, 3.63) is 34.1 Å². The highest BCUT2D eigenvalue weighted by Gasteiger charge is 2.18. The van der Waals surface area contributed by atoms with E-state index in [0.29, 0.717) is 5.56 Å². The monoisotopic (exact) mass is 385 g/mol. The Hall–Kier alpha value is -0.770. The van der Waals surface area contributed by atoms with Gasteiger partial charge < -0.3 is 11.5 Å². The summed E-state index contributed by atoms with van der Waals surface area (Å²) in [5, 5.41) is 0.000000000000000222. The maximum atomic E-state index is 13.5. The minimum absolute atomic E-state index is 0.000000000000000222. The molecular weight excluding hydrogens is 369 g/mol. The second kappa shape index (κ2) is 8.50. The first kappa shape index (κ1) is 19.2. The molecule has 1 rings (SSSR count). The molecule has 0 aromatic heterocycles. The molecule has 1 aromatic rings. The van der Waals surface area contributed by atoms with Gasteiger partial charge in [0, 0.05) is 4.47 Å². The van der Waals surface area contributed by atoms with Crippen molar-refractivity contribution in [1.29, 1.82) is 0 Å². The van der Waals surface area contributed by atoms with E-state index in [2.05, 4.69) is 44.3 Å². The molecule has 0 aliphatic carbocycles. The van der Waals surface area contributed by atoms with Crippen molar-refractivity contribution in [3.8, 4) is 0 Å². The molecule has 0 fully saturated rings. The lowest BCUT2D eigenvalue weighted by molar-refractivity contribution is 0.573. The molecule has 0 bridgehead atoms. The number of nitrogens with one attached hydrogen (secondary N) is 1. The number of rotatable bonds is 4. The molecular formula is C11H17BrFN3O2S2. The predicted molar refractivity (Wildman–Crippen MR) is 86.3 cm³/mol. The molecule has 0 radical (unpaired) electrons. The molecule has 0 aliphatic heterocycles. The van der Waals surface area contributed by atoms with Crippen molar-refractivity contribution in [2.24, 2.45) is 11.5 Å². The molecule has 5 N–H and O–H groups in total. The number of benzene rings is 1. The van der Waals surface area contributed by atoms with Crippen molar-refractivity contribution in [3.63, 3.8) is 0 Å². The largest absolute Gasteiger partial charge is 0.377 e. The molecule has 114 valence electrons. The van der Waals surface area contributed by atoms with E-state index in [1.165, 1.54) is 13.1 Å². The van der Waals surface area contributed by atoms with Gasteiger partial charge in [0.25, 0.3) is 0 Å². The molecule has 1 unspecified atom stereocenters. The van der Waals surface area contributed by atoms with Crippen LogP contribution >= 0.6 is 28.1 Å². The first-order valence-electron chi connectivity index (χ1n) is 5.50. The summed E-state index contributed by atoms with van der Waals surface area (Å²) >= 11 is 7.32. The summed E-state index contributed by atoms with van der Waals surface area (Å²) in [6.45, 7) is 1.68. The van der Waals surface area contributed by atoms with E-state index < -0.39 is 15.9 Å². The average Bonchev–Trinajstić information content (AvgIpc) is 2.31. The number of nitrogens with two attached hydrogens (primary N) is 2. The van der Waals surface area contributed by atoms with Crippen LogP contribution in [0.15, 0.2) is 22.7 Å². The third-order valence-corrected chi connectivity index (χ3v) is 4.32. The van der Waals surface area contributed by atoms with Crippen LogP contribution in [-0.2, 0) is 10.0 Å². The molecule has 20 heavy (non-hydrogen) atoms. The highest BCUT2D eigenvalue weighted by atomic mass is 79.9. The first-order valence-corrected chi connectivity index (χ1v) is 8.35. The van der Waals surface area contributed by atoms with E-state index in [1.54, 1.807) is 19.1 Å². The van der Waals surface area contributed by atoms with E-state index in [9.17, 15) is 12.8 Å². The zero-order valence-corrected chi connectivity index (χ0v) is 14.3. The van der Waals surface area contributed by atoms with E-state index in [1.807, 2.05) is 0 Å². The van der Waals surface area contributed by atoms with Gasteiger partial charge in [-0.3, -0.25) is 0 Å². The van der Waals surface area contributed by atoms with Gasteiger partial charge in [-0.25, -0.2) is 17.5 Å². The normalized spacial score (nSPS) is 12.2. The second-order valence-corrected chi connectivity index (χ2v) is 7.31. The molecule has 0 saturated carbocycles. The Morgan fingerprint density at radius 2 is 2.00 bits per heavy atom. The van der Waals surface area contributed by atoms with Crippen molar-refractivity contribution in [2.45, 2.75) is 12.8 Å². The van der Waals surface area contributed by atoms with Crippen LogP contribution in [0.1, 0.15) is 18.4 Å². The lowest BCUT2D eigenvalue weighted by Crippen LogP contribution is -2.25. The van der Waals surface area contributed by atoms with Crippen LogP contribution in [0.5, 0.6) is 0 Å². The quantitative estimate of drug-likeness (QED) is 0.680. The fourth-order valence-electron chi connectivity index (χ4n) is 1.39. The Labute approximate surface area is 132 Å². The van der Waals surface area contributed by atoms with Crippen molar-refractivity contribution in [1.82, 2.24) is 4.72 Å². The number of hydrogen-bond acceptors (Lipinski definition) is 3. The second-order valence-electron chi connectivity index (χ2n) is 3.95. The zero-order chi connectivity index (χ0) is 15.9. The minimum Gasteiger partial charge on any atom is -0.377 e. The van der Waals surface area contributed by atoms with Crippen molar-refractivity contribution >= 4 is 43.3 Å². The summed E-state index contributed by atoms with van der Waals surface area (Å²) < 4.78 is 39.1. The highest BCUT2D eigenvalue weighted by Crippen LogP contribution is 2.24. The summed E-state index contributed by atoms with van der Waals surface area (Å²) in [5.74, 6) is -0.909. The molecule has 0 heterocycles. The standard InChI is InChI=1S/C10H13BrFNO2S.CH4N2S/c1-7(6-16(14,15)13-2)9-5-8(11)3-4-10(9)12;2-1(3)4/h3-5,7,13H,6H2,1-2H3;(H4,2,3,4). The van der Waals surface area contributed by atoms with Crippen LogP contribution in [0.2, 0.25) is 0 Å². The topological polar surface area (TPSA) is 98.2 Å². The van der Waals surface area contributed by atoms with Crippen LogP contribution in [0.4, 0.5) is 4.39 Å². The Morgan fingerprint density at radius 1 is 1.50 bits per heavy atom. The molecule has 0 amide bonds. The third-order valence-electron chi connectivity index (χ3n) is 2.27. The predicted octanol–water partition coefficient (Wildman–Crippen LogP) is 1.43. The van der Waals surface area contributed by atoms with Crippen LogP contribution < -0.4 is 16.2 Å². The number of hydrogen-bond donors (Lipinski definition) is 3. The van der Waals surface area contributed by atoms with Gasteiger partial charge in [-0.05, 0) is 48.9 Å². The SMILES string of the molecule is CNS(=O)(=O)CC(C)c1cc(Br)ccc1F.NC(N)=S. The van der Waals surface area contributed by atoms with Crippen LogP contribution in [-0.4, -0.2) is 26.3 Å². The van der Waals surface area contributed by atoms with Gasteiger partial charge in [-0.1, -0.05) is 22.9 Å². The van der Waals surface area contributed by atoms with Crippen LogP contribution in [0.25, 0.3) is 0 Å². The highest BCUT2D eigenvalue weighted by molar-refractivity contribution is 9.10. The van der Waals surface area contributed by atoms with Gasteiger partial charge in [0.15, 0.2) is 5.11 Å². The maximum absolute atomic E-state index is 13.5. The fraction of sp³-hybridized carbons (Fsp3) is 0.364. The first-order chi connectivity index (χ1) is 9.09. The van der Waals surface area contributed by atoms with Crippen molar-refractivity contribution in [2.75, 3.05) is 12.8 Å².